The number of rotatable bonds is 7. The van der Waals surface area contributed by atoms with Crippen LogP contribution in [0.25, 0.3) is 0 Å². The largest absolute Gasteiger partial charge is 0.375 e. The lowest BCUT2D eigenvalue weighted by atomic mass is 10.1. The second-order valence-corrected chi connectivity index (χ2v) is 5.39. The monoisotopic (exact) mass is 283 g/mol. The van der Waals surface area contributed by atoms with E-state index in [1.54, 1.807) is 0 Å². The Labute approximate surface area is 109 Å². The summed E-state index contributed by atoms with van der Waals surface area (Å²) >= 11 is 7.50. The van der Waals surface area contributed by atoms with Crippen molar-refractivity contribution < 1.29 is 13.5 Å². The molecule has 0 fully saturated rings. The maximum atomic E-state index is 11.9. The van der Waals surface area contributed by atoms with Gasteiger partial charge < -0.3 is 10.1 Å². The topological polar surface area (TPSA) is 21.3 Å². The third-order valence-electron chi connectivity index (χ3n) is 2.36. The van der Waals surface area contributed by atoms with E-state index in [-0.39, 0.29) is 6.04 Å². The molecule has 6 heteroatoms. The lowest BCUT2D eigenvalue weighted by molar-refractivity contribution is 0.0146. The molecular formula is C11H16ClF2NOS. The van der Waals surface area contributed by atoms with Gasteiger partial charge in [0.05, 0.1) is 4.34 Å². The highest BCUT2D eigenvalue weighted by Gasteiger charge is 2.14. The van der Waals surface area contributed by atoms with Crippen LogP contribution in [0.3, 0.4) is 0 Å². The lowest BCUT2D eigenvalue weighted by Crippen LogP contribution is -2.18. The molecule has 0 spiro atoms. The molecule has 98 valence electrons. The van der Waals surface area contributed by atoms with Crippen LogP contribution < -0.4 is 5.32 Å². The summed E-state index contributed by atoms with van der Waals surface area (Å²) in [5.74, 6) is 0. The number of nitrogens with one attached hydrogen (secondary N) is 1. The van der Waals surface area contributed by atoms with E-state index in [1.807, 2.05) is 20.0 Å². The molecule has 0 aliphatic heterocycles. The van der Waals surface area contributed by atoms with Gasteiger partial charge >= 0.3 is 0 Å². The molecule has 0 saturated heterocycles. The van der Waals surface area contributed by atoms with E-state index in [2.05, 4.69) is 5.32 Å². The number of aryl methyl sites for hydroxylation is 1. The number of halogens is 3. The van der Waals surface area contributed by atoms with Crippen LogP contribution in [0.5, 0.6) is 0 Å². The molecule has 1 aromatic rings. The summed E-state index contributed by atoms with van der Waals surface area (Å²) in [5, 5.41) is 3.13. The van der Waals surface area contributed by atoms with Crippen LogP contribution in [0.15, 0.2) is 6.07 Å². The summed E-state index contributed by atoms with van der Waals surface area (Å²) in [5.41, 5.74) is 1.04. The van der Waals surface area contributed by atoms with Crippen molar-refractivity contribution in [3.8, 4) is 0 Å². The Morgan fingerprint density at radius 2 is 2.24 bits per heavy atom. The molecule has 1 aromatic heterocycles. The van der Waals surface area contributed by atoms with Crippen molar-refractivity contribution in [1.82, 2.24) is 5.32 Å². The van der Waals surface area contributed by atoms with Gasteiger partial charge in [-0.1, -0.05) is 11.6 Å². The number of hydrogen-bond donors (Lipinski definition) is 1. The number of alkyl halides is 2. The lowest BCUT2D eigenvalue weighted by Gasteiger charge is -2.14. The van der Waals surface area contributed by atoms with Crippen LogP contribution in [0.2, 0.25) is 4.34 Å². The van der Waals surface area contributed by atoms with E-state index < -0.39 is 13.0 Å². The van der Waals surface area contributed by atoms with Gasteiger partial charge in [0.2, 0.25) is 0 Å². The second kappa shape index (κ2) is 7.26. The molecule has 0 saturated carbocycles. The summed E-state index contributed by atoms with van der Waals surface area (Å²) in [4.78, 5) is 1.11. The van der Waals surface area contributed by atoms with Crippen molar-refractivity contribution in [3.63, 3.8) is 0 Å². The highest BCUT2D eigenvalue weighted by Crippen LogP contribution is 2.32. The van der Waals surface area contributed by atoms with Gasteiger partial charge in [0, 0.05) is 17.5 Å². The fourth-order valence-corrected chi connectivity index (χ4v) is 2.82. The molecule has 1 unspecified atom stereocenters. The first-order valence-corrected chi connectivity index (χ1v) is 6.53. The summed E-state index contributed by atoms with van der Waals surface area (Å²) in [6.07, 6.45) is -1.75. The number of hydrogen-bond acceptors (Lipinski definition) is 3. The van der Waals surface area contributed by atoms with E-state index in [0.717, 1.165) is 14.8 Å². The Balaban J connectivity index is 2.43. The fraction of sp³-hybridized carbons (Fsp3) is 0.636. The minimum Gasteiger partial charge on any atom is -0.375 e. The Hall–Kier alpha value is -0.230. The molecule has 0 amide bonds. The van der Waals surface area contributed by atoms with E-state index in [0.29, 0.717) is 13.0 Å². The van der Waals surface area contributed by atoms with Crippen molar-refractivity contribution >= 4 is 22.9 Å². The first-order valence-electron chi connectivity index (χ1n) is 5.33. The summed E-state index contributed by atoms with van der Waals surface area (Å²) in [6.45, 7) is 1.76. The predicted octanol–water partition coefficient (Wildman–Crippen LogP) is 3.64. The van der Waals surface area contributed by atoms with Gasteiger partial charge in [0.25, 0.3) is 6.43 Å². The van der Waals surface area contributed by atoms with Crippen molar-refractivity contribution in [1.29, 1.82) is 0 Å². The highest BCUT2D eigenvalue weighted by molar-refractivity contribution is 7.16. The zero-order chi connectivity index (χ0) is 12.8. The first kappa shape index (κ1) is 14.8. The van der Waals surface area contributed by atoms with E-state index in [9.17, 15) is 8.78 Å². The van der Waals surface area contributed by atoms with Gasteiger partial charge in [-0.2, -0.15) is 0 Å². The van der Waals surface area contributed by atoms with Crippen LogP contribution in [-0.4, -0.2) is 26.7 Å². The third kappa shape index (κ3) is 4.87. The van der Waals surface area contributed by atoms with E-state index >= 15 is 0 Å². The van der Waals surface area contributed by atoms with E-state index in [1.165, 1.54) is 11.3 Å². The Morgan fingerprint density at radius 1 is 1.53 bits per heavy atom. The molecule has 0 aliphatic carbocycles. The van der Waals surface area contributed by atoms with Crippen LogP contribution >= 0.6 is 22.9 Å². The maximum absolute atomic E-state index is 11.9. The molecular weight excluding hydrogens is 268 g/mol. The molecule has 1 rings (SSSR count). The third-order valence-corrected chi connectivity index (χ3v) is 4.03. The van der Waals surface area contributed by atoms with E-state index in [4.69, 9.17) is 16.3 Å². The van der Waals surface area contributed by atoms with Gasteiger partial charge in [0.1, 0.15) is 6.61 Å². The minimum atomic E-state index is -2.40. The fourth-order valence-electron chi connectivity index (χ4n) is 1.46. The molecule has 0 radical (unpaired) electrons. The van der Waals surface area contributed by atoms with Crippen molar-refractivity contribution in [2.75, 3.05) is 20.3 Å². The Bertz CT molecular complexity index is 327. The summed E-state index contributed by atoms with van der Waals surface area (Å²) < 4.78 is 29.4. The van der Waals surface area contributed by atoms with Crippen LogP contribution in [0.4, 0.5) is 8.78 Å². The van der Waals surface area contributed by atoms with Crippen molar-refractivity contribution in [3.05, 3.63) is 20.8 Å². The normalized spacial score (nSPS) is 13.3. The minimum absolute atomic E-state index is 0.101. The highest BCUT2D eigenvalue weighted by atomic mass is 35.5. The van der Waals surface area contributed by atoms with Gasteiger partial charge in [-0.05, 0) is 32.0 Å². The quantitative estimate of drug-likeness (QED) is 0.772. The zero-order valence-corrected chi connectivity index (χ0v) is 11.4. The molecule has 17 heavy (non-hydrogen) atoms. The van der Waals surface area contributed by atoms with Gasteiger partial charge in [-0.25, -0.2) is 8.78 Å². The molecule has 1 N–H and O–H groups in total. The van der Waals surface area contributed by atoms with Crippen LogP contribution in [0, 0.1) is 6.92 Å². The molecule has 0 aliphatic rings. The van der Waals surface area contributed by atoms with Gasteiger partial charge in [-0.15, -0.1) is 11.3 Å². The molecule has 0 bridgehead atoms. The average Bonchev–Trinajstić information content (AvgIpc) is 2.59. The Kier molecular flexibility index (Phi) is 6.33. The zero-order valence-electron chi connectivity index (χ0n) is 9.80. The van der Waals surface area contributed by atoms with Crippen molar-refractivity contribution in [2.24, 2.45) is 0 Å². The van der Waals surface area contributed by atoms with Crippen LogP contribution in [-0.2, 0) is 4.74 Å². The molecule has 2 nitrogen and oxygen atoms in total. The van der Waals surface area contributed by atoms with Crippen LogP contribution in [0.1, 0.15) is 22.9 Å². The first-order chi connectivity index (χ1) is 8.04. The summed E-state index contributed by atoms with van der Waals surface area (Å²) in [6, 6.07) is 2.12. The maximum Gasteiger partial charge on any atom is 0.261 e. The Morgan fingerprint density at radius 3 is 2.71 bits per heavy atom. The van der Waals surface area contributed by atoms with Gasteiger partial charge in [-0.3, -0.25) is 0 Å². The average molecular weight is 284 g/mol. The second-order valence-electron chi connectivity index (χ2n) is 3.70. The number of ether oxygens (including phenoxy) is 1. The standard InChI is InChI=1S/C11H16ClF2NOS/c1-7-5-9(17-11(7)12)8(15-2)3-4-16-6-10(13)14/h5,8,10,15H,3-4,6H2,1-2H3. The molecule has 1 atom stereocenters. The smallest absolute Gasteiger partial charge is 0.261 e. The number of thiophene rings is 1. The SMILES string of the molecule is CNC(CCOCC(F)F)c1cc(C)c(Cl)s1. The molecule has 0 aromatic carbocycles. The van der Waals surface area contributed by atoms with Gasteiger partial charge in [0.15, 0.2) is 0 Å². The predicted molar refractivity (Wildman–Crippen MR) is 67.3 cm³/mol. The summed E-state index contributed by atoms with van der Waals surface area (Å²) in [7, 11) is 1.83. The molecule has 1 heterocycles. The van der Waals surface area contributed by atoms with Crippen molar-refractivity contribution in [2.45, 2.75) is 25.8 Å².